The van der Waals surface area contributed by atoms with E-state index in [1.165, 1.54) is 29.7 Å². The van der Waals surface area contributed by atoms with E-state index in [1.54, 1.807) is 17.8 Å². The molecule has 0 aromatic heterocycles. The van der Waals surface area contributed by atoms with Crippen molar-refractivity contribution in [1.82, 2.24) is 5.32 Å². The van der Waals surface area contributed by atoms with E-state index >= 15 is 0 Å². The Bertz CT molecular complexity index is 703. The fourth-order valence-corrected chi connectivity index (χ4v) is 3.40. The molecular weight excluding hydrogens is 337 g/mol. The Morgan fingerprint density at radius 2 is 1.96 bits per heavy atom. The average Bonchev–Trinajstić information content (AvgIpc) is 2.60. The molecule has 2 aromatic rings. The average molecular weight is 361 g/mol. The number of amides is 1. The maximum absolute atomic E-state index is 13.3. The van der Waals surface area contributed by atoms with Crippen LogP contribution in [0.5, 0.6) is 5.75 Å². The van der Waals surface area contributed by atoms with Crippen LogP contribution in [-0.2, 0) is 11.3 Å². The number of rotatable bonds is 8. The standard InChI is InChI=1S/C20H24FNO2S/c1-14-4-8-18(9-5-14)25-15(2)6-11-20(23)22-13-16-12-17(21)7-10-19(16)24-3/h4-5,7-10,12,15H,6,11,13H2,1-3H3,(H,22,23). The van der Waals surface area contributed by atoms with Crippen molar-refractivity contribution in [3.8, 4) is 5.75 Å². The predicted molar refractivity (Wildman–Crippen MR) is 101 cm³/mol. The molecule has 3 nitrogen and oxygen atoms in total. The number of carbonyl (C=O) groups is 1. The molecule has 0 saturated heterocycles. The highest BCUT2D eigenvalue weighted by Crippen LogP contribution is 2.26. The number of nitrogens with one attached hydrogen (secondary N) is 1. The van der Waals surface area contributed by atoms with Crippen LogP contribution < -0.4 is 10.1 Å². The van der Waals surface area contributed by atoms with Crippen LogP contribution in [0.4, 0.5) is 4.39 Å². The molecule has 1 atom stereocenters. The van der Waals surface area contributed by atoms with Crippen molar-refractivity contribution in [2.24, 2.45) is 0 Å². The monoisotopic (exact) mass is 361 g/mol. The Morgan fingerprint density at radius 1 is 1.24 bits per heavy atom. The van der Waals surface area contributed by atoms with Crippen molar-refractivity contribution in [1.29, 1.82) is 0 Å². The number of thioether (sulfide) groups is 1. The van der Waals surface area contributed by atoms with E-state index in [2.05, 4.69) is 43.4 Å². The SMILES string of the molecule is COc1ccc(F)cc1CNC(=O)CCC(C)Sc1ccc(C)cc1. The van der Waals surface area contributed by atoms with Gasteiger partial charge >= 0.3 is 0 Å². The van der Waals surface area contributed by atoms with E-state index in [0.29, 0.717) is 23.0 Å². The second kappa shape index (κ2) is 9.47. The van der Waals surface area contributed by atoms with E-state index in [0.717, 1.165) is 6.42 Å². The van der Waals surface area contributed by atoms with Crippen LogP contribution in [0.25, 0.3) is 0 Å². The molecule has 1 amide bonds. The minimum absolute atomic E-state index is 0.0392. The normalized spacial score (nSPS) is 11.8. The van der Waals surface area contributed by atoms with Gasteiger partial charge in [-0.05, 0) is 43.7 Å². The van der Waals surface area contributed by atoms with Crippen LogP contribution in [0.15, 0.2) is 47.4 Å². The summed E-state index contributed by atoms with van der Waals surface area (Å²) in [4.78, 5) is 13.3. The number of ether oxygens (including phenoxy) is 1. The van der Waals surface area contributed by atoms with Crippen LogP contribution in [0.3, 0.4) is 0 Å². The van der Waals surface area contributed by atoms with E-state index < -0.39 is 0 Å². The molecule has 0 saturated carbocycles. The molecule has 1 N–H and O–H groups in total. The van der Waals surface area contributed by atoms with Gasteiger partial charge in [-0.25, -0.2) is 4.39 Å². The number of aryl methyl sites for hydroxylation is 1. The number of hydrogen-bond donors (Lipinski definition) is 1. The molecule has 134 valence electrons. The first kappa shape index (κ1) is 19.3. The molecule has 0 heterocycles. The molecule has 1 unspecified atom stereocenters. The summed E-state index contributed by atoms with van der Waals surface area (Å²) in [6.07, 6.45) is 1.22. The first-order chi connectivity index (χ1) is 12.0. The van der Waals surface area contributed by atoms with Crippen molar-refractivity contribution < 1.29 is 13.9 Å². The molecule has 0 aliphatic rings. The summed E-state index contributed by atoms with van der Waals surface area (Å²) >= 11 is 1.77. The quantitative estimate of drug-likeness (QED) is 0.692. The third-order valence-corrected chi connectivity index (χ3v) is 5.04. The van der Waals surface area contributed by atoms with Crippen molar-refractivity contribution in [3.05, 3.63) is 59.4 Å². The lowest BCUT2D eigenvalue weighted by Crippen LogP contribution is -2.23. The van der Waals surface area contributed by atoms with Gasteiger partial charge in [0.2, 0.25) is 5.91 Å². The maximum atomic E-state index is 13.3. The number of benzene rings is 2. The lowest BCUT2D eigenvalue weighted by Gasteiger charge is -2.12. The number of hydrogen-bond acceptors (Lipinski definition) is 3. The zero-order valence-electron chi connectivity index (χ0n) is 14.8. The molecule has 25 heavy (non-hydrogen) atoms. The number of halogens is 1. The van der Waals surface area contributed by atoms with Gasteiger partial charge < -0.3 is 10.1 Å². The fourth-order valence-electron chi connectivity index (χ4n) is 2.41. The van der Waals surface area contributed by atoms with Crippen LogP contribution in [0.1, 0.15) is 30.9 Å². The topological polar surface area (TPSA) is 38.3 Å². The fraction of sp³-hybridized carbons (Fsp3) is 0.350. The predicted octanol–water partition coefficient (Wildman–Crippen LogP) is 4.72. The summed E-state index contributed by atoms with van der Waals surface area (Å²) in [7, 11) is 1.53. The van der Waals surface area contributed by atoms with Gasteiger partial charge in [-0.2, -0.15) is 0 Å². The van der Waals surface area contributed by atoms with Crippen molar-refractivity contribution >= 4 is 17.7 Å². The Labute approximate surface area is 153 Å². The number of methoxy groups -OCH3 is 1. The zero-order chi connectivity index (χ0) is 18.2. The second-order valence-electron chi connectivity index (χ2n) is 6.01. The van der Waals surface area contributed by atoms with Crippen molar-refractivity contribution in [3.63, 3.8) is 0 Å². The third-order valence-electron chi connectivity index (χ3n) is 3.85. The summed E-state index contributed by atoms with van der Waals surface area (Å²) < 4.78 is 18.5. The van der Waals surface area contributed by atoms with E-state index in [9.17, 15) is 9.18 Å². The Hall–Kier alpha value is -2.01. The molecule has 2 rings (SSSR count). The Morgan fingerprint density at radius 3 is 2.64 bits per heavy atom. The second-order valence-corrected chi connectivity index (χ2v) is 7.52. The van der Waals surface area contributed by atoms with Crippen LogP contribution in [0, 0.1) is 12.7 Å². The minimum Gasteiger partial charge on any atom is -0.496 e. The van der Waals surface area contributed by atoms with E-state index in [1.807, 2.05) is 0 Å². The molecule has 0 aliphatic heterocycles. The van der Waals surface area contributed by atoms with Gasteiger partial charge in [0, 0.05) is 28.7 Å². The first-order valence-electron chi connectivity index (χ1n) is 8.30. The maximum Gasteiger partial charge on any atom is 0.220 e. The van der Waals surface area contributed by atoms with Gasteiger partial charge in [0.1, 0.15) is 11.6 Å². The summed E-state index contributed by atoms with van der Waals surface area (Å²) in [5, 5.41) is 3.18. The largest absolute Gasteiger partial charge is 0.496 e. The first-order valence-corrected chi connectivity index (χ1v) is 9.18. The lowest BCUT2D eigenvalue weighted by atomic mass is 10.2. The molecule has 0 bridgehead atoms. The van der Waals surface area contributed by atoms with Gasteiger partial charge in [0.15, 0.2) is 0 Å². The van der Waals surface area contributed by atoms with Gasteiger partial charge in [0.25, 0.3) is 0 Å². The minimum atomic E-state index is -0.340. The van der Waals surface area contributed by atoms with Gasteiger partial charge in [-0.1, -0.05) is 24.6 Å². The highest BCUT2D eigenvalue weighted by Gasteiger charge is 2.10. The summed E-state index contributed by atoms with van der Waals surface area (Å²) in [6.45, 7) is 4.45. The molecular formula is C20H24FNO2S. The molecule has 0 fully saturated rings. The third kappa shape index (κ3) is 6.42. The zero-order valence-corrected chi connectivity index (χ0v) is 15.7. The van der Waals surface area contributed by atoms with Crippen LogP contribution in [0.2, 0.25) is 0 Å². The molecule has 0 aliphatic carbocycles. The van der Waals surface area contributed by atoms with E-state index in [4.69, 9.17) is 4.74 Å². The van der Waals surface area contributed by atoms with E-state index in [-0.39, 0.29) is 18.3 Å². The van der Waals surface area contributed by atoms with Crippen LogP contribution >= 0.6 is 11.8 Å². The van der Waals surface area contributed by atoms with Crippen LogP contribution in [-0.4, -0.2) is 18.3 Å². The Kier molecular flexibility index (Phi) is 7.31. The summed E-state index contributed by atoms with van der Waals surface area (Å²) in [5.74, 6) is 0.195. The molecule has 0 spiro atoms. The van der Waals surface area contributed by atoms with Gasteiger partial charge in [-0.3, -0.25) is 4.79 Å². The number of carbonyl (C=O) groups excluding carboxylic acids is 1. The smallest absolute Gasteiger partial charge is 0.220 e. The van der Waals surface area contributed by atoms with Gasteiger partial charge in [-0.15, -0.1) is 11.8 Å². The Balaban J connectivity index is 1.77. The molecule has 5 heteroatoms. The van der Waals surface area contributed by atoms with Crippen molar-refractivity contribution in [2.75, 3.05) is 7.11 Å². The van der Waals surface area contributed by atoms with Crippen molar-refractivity contribution in [2.45, 2.75) is 43.4 Å². The molecule has 2 aromatic carbocycles. The van der Waals surface area contributed by atoms with Gasteiger partial charge in [0.05, 0.1) is 7.11 Å². The highest BCUT2D eigenvalue weighted by atomic mass is 32.2. The highest BCUT2D eigenvalue weighted by molar-refractivity contribution is 7.99. The molecule has 0 radical (unpaired) electrons. The summed E-state index contributed by atoms with van der Waals surface area (Å²) in [5.41, 5.74) is 1.88. The summed E-state index contributed by atoms with van der Waals surface area (Å²) in [6, 6.07) is 12.7. The lowest BCUT2D eigenvalue weighted by molar-refractivity contribution is -0.121.